The summed E-state index contributed by atoms with van der Waals surface area (Å²) >= 11 is 5.30. The van der Waals surface area contributed by atoms with E-state index in [1.807, 2.05) is 0 Å². The number of hydrogen-bond acceptors (Lipinski definition) is 2. The van der Waals surface area contributed by atoms with Crippen LogP contribution in [0.1, 0.15) is 43.2 Å². The zero-order valence-corrected chi connectivity index (χ0v) is 11.4. The van der Waals surface area contributed by atoms with Crippen molar-refractivity contribution < 1.29 is 0 Å². The van der Waals surface area contributed by atoms with E-state index in [9.17, 15) is 0 Å². The highest BCUT2D eigenvalue weighted by atomic mass is 79.9. The van der Waals surface area contributed by atoms with Crippen molar-refractivity contribution in [1.29, 1.82) is 0 Å². The Morgan fingerprint density at radius 1 is 1.57 bits per heavy atom. The fourth-order valence-electron chi connectivity index (χ4n) is 1.56. The van der Waals surface area contributed by atoms with Crippen LogP contribution in [0.3, 0.4) is 0 Å². The molecule has 0 bridgehead atoms. The maximum absolute atomic E-state index is 6.20. The van der Waals surface area contributed by atoms with Gasteiger partial charge in [-0.3, -0.25) is 0 Å². The first kappa shape index (κ1) is 12.2. The second-order valence-corrected chi connectivity index (χ2v) is 6.30. The van der Waals surface area contributed by atoms with Crippen molar-refractivity contribution in [2.75, 3.05) is 0 Å². The van der Waals surface area contributed by atoms with Crippen LogP contribution in [0.2, 0.25) is 0 Å². The molecule has 1 aromatic rings. The largest absolute Gasteiger partial charge is 0.323 e. The number of nitrogens with two attached hydrogens (primary N) is 1. The Morgan fingerprint density at radius 2 is 2.21 bits per heavy atom. The molecule has 0 fully saturated rings. The summed E-state index contributed by atoms with van der Waals surface area (Å²) in [7, 11) is 0. The number of hydrogen-bond donors (Lipinski definition) is 1. The summed E-state index contributed by atoms with van der Waals surface area (Å²) in [5.74, 6) is 0.574. The molecule has 0 amide bonds. The zero-order chi connectivity index (χ0) is 10.7. The van der Waals surface area contributed by atoms with Crippen LogP contribution in [0, 0.1) is 12.8 Å². The molecule has 2 N–H and O–H groups in total. The SMILES string of the molecule is CCCC(C)C(N)c1cc(C)c(Br)s1. The van der Waals surface area contributed by atoms with E-state index in [2.05, 4.69) is 42.8 Å². The Kier molecular flexibility index (Phi) is 4.61. The predicted molar refractivity (Wildman–Crippen MR) is 67.8 cm³/mol. The number of rotatable bonds is 4. The summed E-state index contributed by atoms with van der Waals surface area (Å²) in [6, 6.07) is 2.40. The summed E-state index contributed by atoms with van der Waals surface area (Å²) in [5, 5.41) is 0. The van der Waals surface area contributed by atoms with Gasteiger partial charge in [0.05, 0.1) is 3.79 Å². The minimum atomic E-state index is 0.199. The molecule has 2 unspecified atom stereocenters. The molecular weight excluding hydrogens is 258 g/mol. The van der Waals surface area contributed by atoms with Crippen molar-refractivity contribution in [3.63, 3.8) is 0 Å². The van der Waals surface area contributed by atoms with E-state index < -0.39 is 0 Å². The third-order valence-electron chi connectivity index (χ3n) is 2.56. The lowest BCUT2D eigenvalue weighted by molar-refractivity contribution is 0.438. The molecule has 0 saturated carbocycles. The number of thiophene rings is 1. The molecule has 0 saturated heterocycles. The van der Waals surface area contributed by atoms with Gasteiger partial charge < -0.3 is 5.73 Å². The summed E-state index contributed by atoms with van der Waals surface area (Å²) in [6.07, 6.45) is 2.41. The van der Waals surface area contributed by atoms with Gasteiger partial charge in [-0.05, 0) is 46.8 Å². The van der Waals surface area contributed by atoms with Gasteiger partial charge in [0, 0.05) is 10.9 Å². The van der Waals surface area contributed by atoms with Crippen LogP contribution in [0.5, 0.6) is 0 Å². The summed E-state index contributed by atoms with van der Waals surface area (Å²) in [6.45, 7) is 6.55. The first-order valence-corrected chi connectivity index (χ1v) is 6.68. The summed E-state index contributed by atoms with van der Waals surface area (Å²) in [4.78, 5) is 1.30. The highest BCUT2D eigenvalue weighted by Gasteiger charge is 2.16. The fraction of sp³-hybridized carbons (Fsp3) is 0.636. The minimum absolute atomic E-state index is 0.199. The Labute approximate surface area is 98.8 Å². The standard InChI is InChI=1S/C11H18BrNS/c1-4-5-7(2)10(13)9-6-8(3)11(12)14-9/h6-7,10H,4-5,13H2,1-3H3. The molecule has 0 radical (unpaired) electrons. The molecule has 1 rings (SSSR count). The highest BCUT2D eigenvalue weighted by Crippen LogP contribution is 2.34. The van der Waals surface area contributed by atoms with Crippen molar-refractivity contribution in [2.45, 2.75) is 39.7 Å². The first-order valence-electron chi connectivity index (χ1n) is 5.07. The van der Waals surface area contributed by atoms with Gasteiger partial charge in [0.2, 0.25) is 0 Å². The Bertz CT molecular complexity index is 276. The van der Waals surface area contributed by atoms with Crippen molar-refractivity contribution >= 4 is 27.3 Å². The van der Waals surface area contributed by atoms with Gasteiger partial charge in [0.25, 0.3) is 0 Å². The van der Waals surface area contributed by atoms with E-state index in [-0.39, 0.29) is 6.04 Å². The van der Waals surface area contributed by atoms with E-state index in [0.717, 1.165) is 0 Å². The molecule has 80 valence electrons. The van der Waals surface area contributed by atoms with E-state index in [0.29, 0.717) is 5.92 Å². The molecule has 0 aliphatic rings. The smallest absolute Gasteiger partial charge is 0.0731 e. The van der Waals surface area contributed by atoms with Gasteiger partial charge in [-0.2, -0.15) is 0 Å². The number of aryl methyl sites for hydroxylation is 1. The van der Waals surface area contributed by atoms with Crippen LogP contribution >= 0.6 is 27.3 Å². The summed E-state index contributed by atoms with van der Waals surface area (Å²) in [5.41, 5.74) is 7.49. The van der Waals surface area contributed by atoms with Crippen molar-refractivity contribution in [2.24, 2.45) is 11.7 Å². The van der Waals surface area contributed by atoms with E-state index in [1.165, 1.54) is 27.1 Å². The van der Waals surface area contributed by atoms with Gasteiger partial charge >= 0.3 is 0 Å². The lowest BCUT2D eigenvalue weighted by Gasteiger charge is -2.17. The molecule has 1 heterocycles. The van der Waals surface area contributed by atoms with Crippen LogP contribution < -0.4 is 5.73 Å². The van der Waals surface area contributed by atoms with Crippen LogP contribution in [-0.4, -0.2) is 0 Å². The van der Waals surface area contributed by atoms with Crippen LogP contribution in [0.15, 0.2) is 9.85 Å². The Balaban J connectivity index is 2.73. The van der Waals surface area contributed by atoms with Crippen molar-refractivity contribution in [3.05, 3.63) is 20.3 Å². The normalized spacial score (nSPS) is 15.5. The Morgan fingerprint density at radius 3 is 2.64 bits per heavy atom. The van der Waals surface area contributed by atoms with E-state index in [4.69, 9.17) is 5.73 Å². The lowest BCUT2D eigenvalue weighted by Crippen LogP contribution is -2.17. The molecular formula is C11H18BrNS. The topological polar surface area (TPSA) is 26.0 Å². The second-order valence-electron chi connectivity index (χ2n) is 3.90. The zero-order valence-electron chi connectivity index (χ0n) is 9.01. The minimum Gasteiger partial charge on any atom is -0.323 e. The average molecular weight is 276 g/mol. The van der Waals surface area contributed by atoms with E-state index in [1.54, 1.807) is 11.3 Å². The first-order chi connectivity index (χ1) is 6.56. The van der Waals surface area contributed by atoms with Crippen molar-refractivity contribution in [1.82, 2.24) is 0 Å². The van der Waals surface area contributed by atoms with Gasteiger partial charge in [0.15, 0.2) is 0 Å². The molecule has 14 heavy (non-hydrogen) atoms. The summed E-state index contributed by atoms with van der Waals surface area (Å²) < 4.78 is 1.21. The van der Waals surface area contributed by atoms with Gasteiger partial charge in [-0.25, -0.2) is 0 Å². The molecule has 0 spiro atoms. The van der Waals surface area contributed by atoms with Gasteiger partial charge in [-0.15, -0.1) is 11.3 Å². The molecule has 0 aromatic carbocycles. The van der Waals surface area contributed by atoms with Crippen LogP contribution in [0.25, 0.3) is 0 Å². The third kappa shape index (κ3) is 2.81. The van der Waals surface area contributed by atoms with Gasteiger partial charge in [0.1, 0.15) is 0 Å². The predicted octanol–water partition coefficient (Wildman–Crippen LogP) is 4.26. The highest BCUT2D eigenvalue weighted by molar-refractivity contribution is 9.11. The van der Waals surface area contributed by atoms with Crippen molar-refractivity contribution in [3.8, 4) is 0 Å². The third-order valence-corrected chi connectivity index (χ3v) is 4.80. The second kappa shape index (κ2) is 5.29. The molecule has 2 atom stereocenters. The number of halogens is 1. The fourth-order valence-corrected chi connectivity index (χ4v) is 3.27. The molecule has 3 heteroatoms. The molecule has 1 nitrogen and oxygen atoms in total. The molecule has 0 aliphatic heterocycles. The van der Waals surface area contributed by atoms with Gasteiger partial charge in [-0.1, -0.05) is 20.3 Å². The molecule has 1 aromatic heterocycles. The average Bonchev–Trinajstić information content (AvgIpc) is 2.46. The maximum atomic E-state index is 6.20. The monoisotopic (exact) mass is 275 g/mol. The lowest BCUT2D eigenvalue weighted by atomic mass is 9.96. The molecule has 0 aliphatic carbocycles. The maximum Gasteiger partial charge on any atom is 0.0731 e. The van der Waals surface area contributed by atoms with Crippen LogP contribution in [-0.2, 0) is 0 Å². The Hall–Kier alpha value is 0.140. The quantitative estimate of drug-likeness (QED) is 0.873. The van der Waals surface area contributed by atoms with Crippen LogP contribution in [0.4, 0.5) is 0 Å². The van der Waals surface area contributed by atoms with E-state index >= 15 is 0 Å².